The van der Waals surface area contributed by atoms with Crippen LogP contribution in [0.25, 0.3) is 0 Å². The van der Waals surface area contributed by atoms with Crippen LogP contribution in [-0.4, -0.2) is 15.0 Å². The molecule has 0 saturated carbocycles. The predicted molar refractivity (Wildman–Crippen MR) is 35.0 cm³/mol. The van der Waals surface area contributed by atoms with Crippen LogP contribution in [0.1, 0.15) is 20.8 Å². The average Bonchev–Trinajstić information content (AvgIpc) is 2.08. The van der Waals surface area contributed by atoms with Crippen molar-refractivity contribution in [2.75, 3.05) is 0 Å². The van der Waals surface area contributed by atoms with Gasteiger partial charge in [-0.25, -0.2) is 4.68 Å². The molecule has 9 heavy (non-hydrogen) atoms. The van der Waals surface area contributed by atoms with Gasteiger partial charge in [-0.15, -0.1) is 5.10 Å². The monoisotopic (exact) mass is 125 g/mol. The first kappa shape index (κ1) is 6.26. The van der Waals surface area contributed by atoms with E-state index in [1.54, 1.807) is 6.20 Å². The third-order valence-corrected chi connectivity index (χ3v) is 1.11. The van der Waals surface area contributed by atoms with E-state index >= 15 is 0 Å². The zero-order valence-corrected chi connectivity index (χ0v) is 6.00. The summed E-state index contributed by atoms with van der Waals surface area (Å²) in [6.45, 7) is 6.26. The van der Waals surface area contributed by atoms with Gasteiger partial charge in [0, 0.05) is 6.20 Å². The second-order valence-corrected chi connectivity index (χ2v) is 3.02. The van der Waals surface area contributed by atoms with Gasteiger partial charge in [0.25, 0.3) is 0 Å². The number of nitrogens with zero attached hydrogens (tertiary/aromatic N) is 3. The van der Waals surface area contributed by atoms with Crippen LogP contribution >= 0.6 is 0 Å². The summed E-state index contributed by atoms with van der Waals surface area (Å²) in [5.74, 6) is 0. The normalized spacial score (nSPS) is 11.9. The first-order chi connectivity index (χ1) is 4.11. The summed E-state index contributed by atoms with van der Waals surface area (Å²) < 4.78 is 1.83. The van der Waals surface area contributed by atoms with E-state index in [0.717, 1.165) is 0 Å². The molecular weight excluding hydrogens is 114 g/mol. The Bertz CT molecular complexity index is 171. The molecule has 0 spiro atoms. The smallest absolute Gasteiger partial charge is 0.0693 e. The summed E-state index contributed by atoms with van der Waals surface area (Å²) >= 11 is 0. The Kier molecular flexibility index (Phi) is 1.27. The second-order valence-electron chi connectivity index (χ2n) is 3.02. The molecule has 3 nitrogen and oxygen atoms in total. The van der Waals surface area contributed by atoms with Crippen LogP contribution in [0.2, 0.25) is 0 Å². The lowest BCUT2D eigenvalue weighted by Gasteiger charge is -2.17. The molecule has 0 unspecified atom stereocenters. The molecule has 0 fully saturated rings. The molecule has 1 aromatic rings. The topological polar surface area (TPSA) is 30.7 Å². The molecule has 0 aromatic carbocycles. The van der Waals surface area contributed by atoms with E-state index < -0.39 is 0 Å². The molecule has 1 aromatic heterocycles. The number of hydrogen-bond donors (Lipinski definition) is 0. The number of hydrogen-bond acceptors (Lipinski definition) is 2. The lowest BCUT2D eigenvalue weighted by atomic mass is 10.1. The van der Waals surface area contributed by atoms with Crippen molar-refractivity contribution in [3.63, 3.8) is 0 Å². The molecule has 0 saturated heterocycles. The zero-order valence-electron chi connectivity index (χ0n) is 6.00. The molecule has 0 aliphatic heterocycles. The highest BCUT2D eigenvalue weighted by molar-refractivity contribution is 4.74. The molecule has 0 atom stereocenters. The van der Waals surface area contributed by atoms with Gasteiger partial charge in [0.15, 0.2) is 0 Å². The van der Waals surface area contributed by atoms with Gasteiger partial charge in [-0.05, 0) is 20.8 Å². The third-order valence-electron chi connectivity index (χ3n) is 1.11. The Morgan fingerprint density at radius 3 is 2.22 bits per heavy atom. The fraction of sp³-hybridized carbons (Fsp3) is 0.667. The molecule has 0 bridgehead atoms. The van der Waals surface area contributed by atoms with Gasteiger partial charge in [0.05, 0.1) is 11.7 Å². The van der Waals surface area contributed by atoms with E-state index in [2.05, 4.69) is 31.1 Å². The molecule has 1 heterocycles. The van der Waals surface area contributed by atoms with E-state index in [4.69, 9.17) is 0 Å². The van der Waals surface area contributed by atoms with E-state index in [0.29, 0.717) is 0 Å². The minimum atomic E-state index is 0.0660. The summed E-state index contributed by atoms with van der Waals surface area (Å²) in [5.41, 5.74) is 0.0660. The molecule has 0 aliphatic carbocycles. The van der Waals surface area contributed by atoms with Crippen molar-refractivity contribution < 1.29 is 0 Å². The van der Waals surface area contributed by atoms with Gasteiger partial charge < -0.3 is 0 Å². The molecule has 0 N–H and O–H groups in total. The summed E-state index contributed by atoms with van der Waals surface area (Å²) in [5, 5.41) is 7.56. The lowest BCUT2D eigenvalue weighted by Crippen LogP contribution is -2.22. The van der Waals surface area contributed by atoms with Crippen molar-refractivity contribution >= 4 is 0 Å². The average molecular weight is 125 g/mol. The second kappa shape index (κ2) is 1.83. The summed E-state index contributed by atoms with van der Waals surface area (Å²) in [6, 6.07) is 0. The quantitative estimate of drug-likeness (QED) is 0.518. The highest BCUT2D eigenvalue weighted by Gasteiger charge is 2.11. The Balaban J connectivity index is 2.90. The zero-order chi connectivity index (χ0) is 6.91. The fourth-order valence-corrected chi connectivity index (χ4v) is 0.566. The third kappa shape index (κ3) is 1.28. The van der Waals surface area contributed by atoms with Crippen molar-refractivity contribution in [2.45, 2.75) is 26.3 Å². The molecule has 0 amide bonds. The van der Waals surface area contributed by atoms with Gasteiger partial charge in [-0.1, -0.05) is 5.21 Å². The van der Waals surface area contributed by atoms with Crippen LogP contribution in [0.5, 0.6) is 0 Å². The van der Waals surface area contributed by atoms with Crippen molar-refractivity contribution in [3.05, 3.63) is 12.4 Å². The molecule has 50 valence electrons. The van der Waals surface area contributed by atoms with Crippen LogP contribution in [0, 0.1) is 0 Å². The predicted octanol–water partition coefficient (Wildman–Crippen LogP) is 1.03. The lowest BCUT2D eigenvalue weighted by molar-refractivity contribution is 0.347. The van der Waals surface area contributed by atoms with Crippen LogP contribution in [0.15, 0.2) is 12.4 Å². The highest BCUT2D eigenvalue weighted by Crippen LogP contribution is 2.09. The van der Waals surface area contributed by atoms with Crippen LogP contribution in [0.4, 0.5) is 0 Å². The summed E-state index contributed by atoms with van der Waals surface area (Å²) in [4.78, 5) is 0. The molecule has 0 aliphatic rings. The van der Waals surface area contributed by atoms with Gasteiger partial charge in [0.1, 0.15) is 0 Å². The largest absolute Gasteiger partial charge is 0.247 e. The Morgan fingerprint density at radius 1 is 1.33 bits per heavy atom. The standard InChI is InChI=1S/C6H11N3/c1-6(2,3)9-5-4-7-8-9/h4-5H,1-3H3. The summed E-state index contributed by atoms with van der Waals surface area (Å²) in [6.07, 6.45) is 3.55. The van der Waals surface area contributed by atoms with Crippen LogP contribution in [0.3, 0.4) is 0 Å². The van der Waals surface area contributed by atoms with Gasteiger partial charge >= 0.3 is 0 Å². The highest BCUT2D eigenvalue weighted by atomic mass is 15.4. The van der Waals surface area contributed by atoms with Gasteiger partial charge in [0.2, 0.25) is 0 Å². The van der Waals surface area contributed by atoms with Crippen LogP contribution in [-0.2, 0) is 5.54 Å². The Labute approximate surface area is 54.7 Å². The van der Waals surface area contributed by atoms with Crippen molar-refractivity contribution in [2.24, 2.45) is 0 Å². The van der Waals surface area contributed by atoms with Gasteiger partial charge in [-0.3, -0.25) is 0 Å². The maximum Gasteiger partial charge on any atom is 0.0693 e. The Morgan fingerprint density at radius 2 is 2.00 bits per heavy atom. The van der Waals surface area contributed by atoms with E-state index in [1.807, 2.05) is 10.9 Å². The van der Waals surface area contributed by atoms with Crippen molar-refractivity contribution in [1.29, 1.82) is 0 Å². The number of aromatic nitrogens is 3. The van der Waals surface area contributed by atoms with E-state index in [1.165, 1.54) is 0 Å². The van der Waals surface area contributed by atoms with Crippen LogP contribution < -0.4 is 0 Å². The Hall–Kier alpha value is -0.860. The summed E-state index contributed by atoms with van der Waals surface area (Å²) in [7, 11) is 0. The first-order valence-corrected chi connectivity index (χ1v) is 2.97. The minimum Gasteiger partial charge on any atom is -0.247 e. The van der Waals surface area contributed by atoms with Gasteiger partial charge in [-0.2, -0.15) is 0 Å². The van der Waals surface area contributed by atoms with Crippen molar-refractivity contribution in [1.82, 2.24) is 15.0 Å². The molecule has 3 heteroatoms. The SMILES string of the molecule is CC(C)(C)n1ccnn1. The van der Waals surface area contributed by atoms with E-state index in [-0.39, 0.29) is 5.54 Å². The fourth-order valence-electron chi connectivity index (χ4n) is 0.566. The number of rotatable bonds is 0. The molecular formula is C6H11N3. The maximum atomic E-state index is 3.85. The molecule has 0 radical (unpaired) electrons. The van der Waals surface area contributed by atoms with E-state index in [9.17, 15) is 0 Å². The minimum absolute atomic E-state index is 0.0660. The molecule has 1 rings (SSSR count). The first-order valence-electron chi connectivity index (χ1n) is 2.97. The van der Waals surface area contributed by atoms with Crippen molar-refractivity contribution in [3.8, 4) is 0 Å². The maximum absolute atomic E-state index is 3.85.